The smallest absolute Gasteiger partial charge is 0.0936 e. The summed E-state index contributed by atoms with van der Waals surface area (Å²) in [7, 11) is 3.42. The van der Waals surface area contributed by atoms with Gasteiger partial charge in [-0.3, -0.25) is 9.68 Å². The molecule has 4 heteroatoms. The van der Waals surface area contributed by atoms with E-state index in [4.69, 9.17) is 9.68 Å². The zero-order chi connectivity index (χ0) is 6.24. The standard InChI is InChI=1S/C4H12N2O2/c1-5-7-3-4-8-6-2/h5-6H,3-4H2,1-2H3. The molecule has 0 fully saturated rings. The largest absolute Gasteiger partial charge is 0.300 e. The number of rotatable bonds is 5. The van der Waals surface area contributed by atoms with Gasteiger partial charge in [0.05, 0.1) is 13.2 Å². The maximum absolute atomic E-state index is 4.72. The fourth-order valence-corrected chi connectivity index (χ4v) is 0.287. The first-order chi connectivity index (χ1) is 3.91. The van der Waals surface area contributed by atoms with Gasteiger partial charge in [-0.1, -0.05) is 0 Å². The highest BCUT2D eigenvalue weighted by Gasteiger charge is 1.81. The third kappa shape index (κ3) is 5.84. The van der Waals surface area contributed by atoms with Crippen molar-refractivity contribution in [3.8, 4) is 0 Å². The van der Waals surface area contributed by atoms with Gasteiger partial charge in [0.1, 0.15) is 0 Å². The second-order valence-electron chi connectivity index (χ2n) is 1.11. The second kappa shape index (κ2) is 6.84. The molecule has 0 amide bonds. The Morgan fingerprint density at radius 3 is 1.62 bits per heavy atom. The van der Waals surface area contributed by atoms with Crippen LogP contribution in [0.25, 0.3) is 0 Å². The fraction of sp³-hybridized carbons (Fsp3) is 1.00. The van der Waals surface area contributed by atoms with Crippen molar-refractivity contribution in [1.29, 1.82) is 0 Å². The summed E-state index contributed by atoms with van der Waals surface area (Å²) in [5.41, 5.74) is 5.04. The lowest BCUT2D eigenvalue weighted by Gasteiger charge is -1.99. The molecule has 8 heavy (non-hydrogen) atoms. The molecule has 0 rings (SSSR count). The van der Waals surface area contributed by atoms with E-state index in [0.29, 0.717) is 13.2 Å². The predicted octanol–water partition coefficient (Wildman–Crippen LogP) is -0.712. The van der Waals surface area contributed by atoms with Crippen molar-refractivity contribution in [1.82, 2.24) is 11.0 Å². The molecule has 0 saturated carbocycles. The van der Waals surface area contributed by atoms with Crippen LogP contribution in [-0.2, 0) is 9.68 Å². The van der Waals surface area contributed by atoms with Gasteiger partial charge in [-0.25, -0.2) is 11.0 Å². The molecule has 2 N–H and O–H groups in total. The van der Waals surface area contributed by atoms with Crippen LogP contribution >= 0.6 is 0 Å². The molecular formula is C4H12N2O2. The van der Waals surface area contributed by atoms with E-state index in [-0.39, 0.29) is 0 Å². The molecule has 0 spiro atoms. The Kier molecular flexibility index (Phi) is 6.70. The van der Waals surface area contributed by atoms with Crippen molar-refractivity contribution in [2.75, 3.05) is 27.3 Å². The van der Waals surface area contributed by atoms with Gasteiger partial charge in [-0.05, 0) is 0 Å². The van der Waals surface area contributed by atoms with E-state index in [2.05, 4.69) is 11.0 Å². The molecule has 50 valence electrons. The quantitative estimate of drug-likeness (QED) is 0.371. The van der Waals surface area contributed by atoms with Crippen molar-refractivity contribution in [2.24, 2.45) is 0 Å². The average molecular weight is 120 g/mol. The first-order valence-corrected chi connectivity index (χ1v) is 2.49. The minimum Gasteiger partial charge on any atom is -0.300 e. The Hall–Kier alpha value is -0.160. The van der Waals surface area contributed by atoms with E-state index in [1.807, 2.05) is 0 Å². The van der Waals surface area contributed by atoms with Crippen LogP contribution in [0.4, 0.5) is 0 Å². The maximum atomic E-state index is 4.72. The van der Waals surface area contributed by atoms with Crippen LogP contribution in [0, 0.1) is 0 Å². The summed E-state index contributed by atoms with van der Waals surface area (Å²) >= 11 is 0. The zero-order valence-corrected chi connectivity index (χ0v) is 5.23. The average Bonchev–Trinajstić information content (AvgIpc) is 1.81. The van der Waals surface area contributed by atoms with Crippen LogP contribution in [0.3, 0.4) is 0 Å². The van der Waals surface area contributed by atoms with E-state index in [1.54, 1.807) is 14.1 Å². The molecule has 0 aromatic carbocycles. The molecule has 0 aromatic rings. The lowest BCUT2D eigenvalue weighted by molar-refractivity contribution is -0.0222. The number of hydrogen-bond acceptors (Lipinski definition) is 4. The lowest BCUT2D eigenvalue weighted by atomic mass is 10.8. The molecule has 0 aliphatic carbocycles. The molecule has 0 aromatic heterocycles. The highest BCUT2D eigenvalue weighted by atomic mass is 16.7. The minimum atomic E-state index is 0.553. The summed E-state index contributed by atoms with van der Waals surface area (Å²) in [5, 5.41) is 0. The van der Waals surface area contributed by atoms with E-state index in [9.17, 15) is 0 Å². The van der Waals surface area contributed by atoms with Gasteiger partial charge in [0.25, 0.3) is 0 Å². The normalized spacial score (nSPS) is 9.75. The van der Waals surface area contributed by atoms with Crippen LogP contribution < -0.4 is 11.0 Å². The predicted molar refractivity (Wildman–Crippen MR) is 30.0 cm³/mol. The first-order valence-electron chi connectivity index (χ1n) is 2.49. The van der Waals surface area contributed by atoms with Crippen molar-refractivity contribution in [3.63, 3.8) is 0 Å². The summed E-state index contributed by atoms with van der Waals surface area (Å²) in [6.07, 6.45) is 0. The Balaban J connectivity index is 2.53. The minimum absolute atomic E-state index is 0.553. The highest BCUT2D eigenvalue weighted by Crippen LogP contribution is 1.65. The van der Waals surface area contributed by atoms with Gasteiger partial charge < -0.3 is 0 Å². The molecule has 4 nitrogen and oxygen atoms in total. The van der Waals surface area contributed by atoms with Crippen molar-refractivity contribution >= 4 is 0 Å². The monoisotopic (exact) mass is 120 g/mol. The Bertz CT molecular complexity index is 37.0. The molecule has 0 saturated heterocycles. The first kappa shape index (κ1) is 7.84. The van der Waals surface area contributed by atoms with Gasteiger partial charge in [0.15, 0.2) is 0 Å². The topological polar surface area (TPSA) is 42.5 Å². The molecule has 0 radical (unpaired) electrons. The zero-order valence-electron chi connectivity index (χ0n) is 5.23. The van der Waals surface area contributed by atoms with Crippen LogP contribution in [0.1, 0.15) is 0 Å². The molecule has 0 atom stereocenters. The number of nitrogens with one attached hydrogen (secondary N) is 2. The SMILES string of the molecule is CNOCCONC. The second-order valence-corrected chi connectivity index (χ2v) is 1.11. The summed E-state index contributed by atoms with van der Waals surface area (Å²) in [6.45, 7) is 1.11. The van der Waals surface area contributed by atoms with E-state index >= 15 is 0 Å². The van der Waals surface area contributed by atoms with Gasteiger partial charge in [-0.2, -0.15) is 0 Å². The van der Waals surface area contributed by atoms with Crippen LogP contribution in [-0.4, -0.2) is 27.3 Å². The summed E-state index contributed by atoms with van der Waals surface area (Å²) in [5.74, 6) is 0. The van der Waals surface area contributed by atoms with E-state index in [1.165, 1.54) is 0 Å². The van der Waals surface area contributed by atoms with E-state index in [0.717, 1.165) is 0 Å². The van der Waals surface area contributed by atoms with Gasteiger partial charge in [-0.15, -0.1) is 0 Å². The summed E-state index contributed by atoms with van der Waals surface area (Å²) in [4.78, 5) is 9.44. The van der Waals surface area contributed by atoms with Gasteiger partial charge >= 0.3 is 0 Å². The van der Waals surface area contributed by atoms with Gasteiger partial charge in [0, 0.05) is 14.1 Å². The third-order valence-corrected chi connectivity index (χ3v) is 0.576. The van der Waals surface area contributed by atoms with Crippen molar-refractivity contribution in [3.05, 3.63) is 0 Å². The Morgan fingerprint density at radius 2 is 1.38 bits per heavy atom. The van der Waals surface area contributed by atoms with Crippen molar-refractivity contribution < 1.29 is 9.68 Å². The summed E-state index contributed by atoms with van der Waals surface area (Å²) in [6, 6.07) is 0. The van der Waals surface area contributed by atoms with Crippen molar-refractivity contribution in [2.45, 2.75) is 0 Å². The molecule has 0 heterocycles. The Morgan fingerprint density at radius 1 is 1.00 bits per heavy atom. The Labute approximate surface area is 49.1 Å². The fourth-order valence-electron chi connectivity index (χ4n) is 0.287. The van der Waals surface area contributed by atoms with Crippen LogP contribution in [0.2, 0.25) is 0 Å². The van der Waals surface area contributed by atoms with E-state index < -0.39 is 0 Å². The highest BCUT2D eigenvalue weighted by molar-refractivity contribution is 4.18. The van der Waals surface area contributed by atoms with Crippen LogP contribution in [0.15, 0.2) is 0 Å². The molecule has 0 bridgehead atoms. The molecule has 0 aliphatic rings. The lowest BCUT2D eigenvalue weighted by Crippen LogP contribution is -2.16. The molecule has 0 unspecified atom stereocenters. The maximum Gasteiger partial charge on any atom is 0.0936 e. The molecular weight excluding hydrogens is 108 g/mol. The number of hydroxylamine groups is 2. The van der Waals surface area contributed by atoms with Gasteiger partial charge in [0.2, 0.25) is 0 Å². The summed E-state index contributed by atoms with van der Waals surface area (Å²) < 4.78 is 0. The van der Waals surface area contributed by atoms with Crippen LogP contribution in [0.5, 0.6) is 0 Å². The molecule has 0 aliphatic heterocycles. The third-order valence-electron chi connectivity index (χ3n) is 0.576. The number of hydrogen-bond donors (Lipinski definition) is 2.